The molecule has 0 aliphatic heterocycles. The minimum absolute atomic E-state index is 0.213. The molecular weight excluding hydrogens is 222 g/mol. The predicted octanol–water partition coefficient (Wildman–Crippen LogP) is 1.82. The molecular formula is C12H9NO4. The second-order valence-corrected chi connectivity index (χ2v) is 3.58. The molecule has 0 saturated carbocycles. The number of nitrogens with two attached hydrogens (primary N) is 1. The summed E-state index contributed by atoms with van der Waals surface area (Å²) in [4.78, 5) is 22.1. The summed E-state index contributed by atoms with van der Waals surface area (Å²) in [6.45, 7) is 0. The van der Waals surface area contributed by atoms with Gasteiger partial charge >= 0.3 is 11.9 Å². The van der Waals surface area contributed by atoms with Crippen LogP contribution in [-0.2, 0) is 0 Å². The lowest BCUT2D eigenvalue weighted by atomic mass is 9.98. The highest BCUT2D eigenvalue weighted by Crippen LogP contribution is 2.24. The van der Waals surface area contributed by atoms with Crippen molar-refractivity contribution in [2.75, 3.05) is 5.73 Å². The number of carbonyl (C=O) groups is 2. The summed E-state index contributed by atoms with van der Waals surface area (Å²) in [5.41, 5.74) is 5.64. The van der Waals surface area contributed by atoms with Crippen LogP contribution in [-0.4, -0.2) is 22.2 Å². The normalized spacial score (nSPS) is 10.4. The maximum absolute atomic E-state index is 11.1. The Morgan fingerprint density at radius 1 is 1.00 bits per heavy atom. The highest BCUT2D eigenvalue weighted by Gasteiger charge is 2.18. The van der Waals surface area contributed by atoms with Gasteiger partial charge in [0.1, 0.15) is 0 Å². The molecule has 0 heterocycles. The van der Waals surface area contributed by atoms with Crippen molar-refractivity contribution < 1.29 is 19.8 Å². The number of carboxylic acid groups (broad SMARTS) is 2. The molecule has 17 heavy (non-hydrogen) atoms. The minimum atomic E-state index is -1.27. The molecule has 0 bridgehead atoms. The van der Waals surface area contributed by atoms with E-state index in [1.807, 2.05) is 0 Å². The van der Waals surface area contributed by atoms with Crippen LogP contribution in [0.1, 0.15) is 20.7 Å². The molecule has 0 spiro atoms. The Labute approximate surface area is 96.1 Å². The number of hydrogen-bond donors (Lipinski definition) is 3. The largest absolute Gasteiger partial charge is 0.478 e. The third-order valence-electron chi connectivity index (χ3n) is 2.49. The average molecular weight is 231 g/mol. The van der Waals surface area contributed by atoms with Gasteiger partial charge in [-0.2, -0.15) is 0 Å². The zero-order valence-electron chi connectivity index (χ0n) is 8.68. The summed E-state index contributed by atoms with van der Waals surface area (Å²) < 4.78 is 0. The van der Waals surface area contributed by atoms with Crippen LogP contribution in [0.2, 0.25) is 0 Å². The SMILES string of the molecule is Nc1ccc2c(C(=O)O)c(C(=O)O)ccc2c1. The van der Waals surface area contributed by atoms with Crippen LogP contribution in [0.3, 0.4) is 0 Å². The monoisotopic (exact) mass is 231 g/mol. The van der Waals surface area contributed by atoms with Crippen molar-refractivity contribution in [1.29, 1.82) is 0 Å². The highest BCUT2D eigenvalue weighted by atomic mass is 16.4. The summed E-state index contributed by atoms with van der Waals surface area (Å²) >= 11 is 0. The number of fused-ring (bicyclic) bond motifs is 1. The second kappa shape index (κ2) is 3.79. The van der Waals surface area contributed by atoms with Gasteiger partial charge in [-0.05, 0) is 29.0 Å². The van der Waals surface area contributed by atoms with Gasteiger partial charge in [-0.1, -0.05) is 12.1 Å². The number of rotatable bonds is 2. The van der Waals surface area contributed by atoms with E-state index in [2.05, 4.69) is 0 Å². The molecule has 5 heteroatoms. The van der Waals surface area contributed by atoms with Gasteiger partial charge in [0, 0.05) is 5.69 Å². The topological polar surface area (TPSA) is 101 Å². The van der Waals surface area contributed by atoms with Crippen LogP contribution in [0.25, 0.3) is 10.8 Å². The van der Waals surface area contributed by atoms with Gasteiger partial charge in [0.15, 0.2) is 0 Å². The van der Waals surface area contributed by atoms with Gasteiger partial charge in [-0.25, -0.2) is 9.59 Å². The molecule has 0 aromatic heterocycles. The Morgan fingerprint density at radius 3 is 2.29 bits per heavy atom. The van der Waals surface area contributed by atoms with Crippen molar-refractivity contribution in [2.24, 2.45) is 0 Å². The van der Waals surface area contributed by atoms with Crippen LogP contribution in [0, 0.1) is 0 Å². The molecule has 0 aliphatic carbocycles. The van der Waals surface area contributed by atoms with E-state index in [1.165, 1.54) is 12.1 Å². The first-order valence-corrected chi connectivity index (χ1v) is 4.79. The lowest BCUT2D eigenvalue weighted by Crippen LogP contribution is -2.08. The first kappa shape index (κ1) is 10.9. The van der Waals surface area contributed by atoms with Gasteiger partial charge in [-0.3, -0.25) is 0 Å². The second-order valence-electron chi connectivity index (χ2n) is 3.58. The van der Waals surface area contributed by atoms with E-state index < -0.39 is 11.9 Å². The Bertz CT molecular complexity index is 634. The van der Waals surface area contributed by atoms with Crippen LogP contribution in [0.5, 0.6) is 0 Å². The van der Waals surface area contributed by atoms with E-state index in [4.69, 9.17) is 15.9 Å². The van der Waals surface area contributed by atoms with Crippen molar-refractivity contribution in [1.82, 2.24) is 0 Å². The van der Waals surface area contributed by atoms with E-state index in [9.17, 15) is 9.59 Å². The van der Waals surface area contributed by atoms with Crippen molar-refractivity contribution in [3.8, 4) is 0 Å². The number of nitrogen functional groups attached to an aromatic ring is 1. The van der Waals surface area contributed by atoms with Crippen LogP contribution < -0.4 is 5.73 Å². The average Bonchev–Trinajstić information content (AvgIpc) is 2.26. The molecule has 0 unspecified atom stereocenters. The molecule has 2 aromatic carbocycles. The molecule has 0 saturated heterocycles. The first-order chi connectivity index (χ1) is 8.00. The Morgan fingerprint density at radius 2 is 1.71 bits per heavy atom. The number of benzene rings is 2. The summed E-state index contributed by atoms with van der Waals surface area (Å²) in [5.74, 6) is -2.53. The maximum Gasteiger partial charge on any atom is 0.337 e. The van der Waals surface area contributed by atoms with Gasteiger partial charge in [0.2, 0.25) is 0 Å². The molecule has 2 rings (SSSR count). The molecule has 4 N–H and O–H groups in total. The van der Waals surface area contributed by atoms with Gasteiger partial charge in [0.25, 0.3) is 0 Å². The zero-order valence-corrected chi connectivity index (χ0v) is 8.68. The third-order valence-corrected chi connectivity index (χ3v) is 2.49. The molecule has 2 aromatic rings. The van der Waals surface area contributed by atoms with Gasteiger partial charge in [-0.15, -0.1) is 0 Å². The van der Waals surface area contributed by atoms with Gasteiger partial charge < -0.3 is 15.9 Å². The standard InChI is InChI=1S/C12H9NO4/c13-7-2-4-8-6(5-7)1-3-9(11(14)15)10(8)12(16)17/h1-5H,13H2,(H,14,15)(H,16,17). The minimum Gasteiger partial charge on any atom is -0.478 e. The lowest BCUT2D eigenvalue weighted by Gasteiger charge is -2.07. The van der Waals surface area contributed by atoms with E-state index >= 15 is 0 Å². The summed E-state index contributed by atoms with van der Waals surface area (Å²) in [6.07, 6.45) is 0. The molecule has 0 atom stereocenters. The fourth-order valence-corrected chi connectivity index (χ4v) is 1.76. The molecule has 0 fully saturated rings. The molecule has 5 nitrogen and oxygen atoms in total. The summed E-state index contributed by atoms with van der Waals surface area (Å²) in [7, 11) is 0. The lowest BCUT2D eigenvalue weighted by molar-refractivity contribution is 0.0653. The van der Waals surface area contributed by atoms with E-state index in [0.717, 1.165) is 0 Å². The number of carboxylic acids is 2. The summed E-state index contributed by atoms with van der Waals surface area (Å²) in [5, 5.41) is 19.0. The predicted molar refractivity (Wildman–Crippen MR) is 62.3 cm³/mol. The smallest absolute Gasteiger partial charge is 0.337 e. The highest BCUT2D eigenvalue weighted by molar-refractivity contribution is 6.12. The number of hydrogen-bond acceptors (Lipinski definition) is 3. The van der Waals surface area contributed by atoms with Crippen LogP contribution in [0.4, 0.5) is 5.69 Å². The fraction of sp³-hybridized carbons (Fsp3) is 0. The van der Waals surface area contributed by atoms with E-state index in [-0.39, 0.29) is 11.1 Å². The third kappa shape index (κ3) is 1.78. The van der Waals surface area contributed by atoms with E-state index in [1.54, 1.807) is 18.2 Å². The first-order valence-electron chi connectivity index (χ1n) is 4.79. The van der Waals surface area contributed by atoms with Crippen molar-refractivity contribution in [3.05, 3.63) is 41.5 Å². The molecule has 0 radical (unpaired) electrons. The number of anilines is 1. The Kier molecular flexibility index (Phi) is 2.44. The van der Waals surface area contributed by atoms with Crippen molar-refractivity contribution >= 4 is 28.4 Å². The van der Waals surface area contributed by atoms with Crippen LogP contribution >= 0.6 is 0 Å². The number of aromatic carboxylic acids is 2. The summed E-state index contributed by atoms with van der Waals surface area (Å²) in [6, 6.07) is 7.48. The molecule has 0 aliphatic rings. The maximum atomic E-state index is 11.1. The zero-order chi connectivity index (χ0) is 12.6. The quantitative estimate of drug-likeness (QED) is 0.684. The molecule has 86 valence electrons. The molecule has 0 amide bonds. The fourth-order valence-electron chi connectivity index (χ4n) is 1.76. The van der Waals surface area contributed by atoms with Crippen molar-refractivity contribution in [2.45, 2.75) is 0 Å². The Hall–Kier alpha value is -2.56. The Balaban J connectivity index is 2.89. The van der Waals surface area contributed by atoms with Crippen molar-refractivity contribution in [3.63, 3.8) is 0 Å². The van der Waals surface area contributed by atoms with Gasteiger partial charge in [0.05, 0.1) is 11.1 Å². The van der Waals surface area contributed by atoms with E-state index in [0.29, 0.717) is 16.5 Å². The van der Waals surface area contributed by atoms with Crippen LogP contribution in [0.15, 0.2) is 30.3 Å².